The van der Waals surface area contributed by atoms with Crippen molar-refractivity contribution < 1.29 is 12.8 Å². The van der Waals surface area contributed by atoms with Gasteiger partial charge >= 0.3 is 0 Å². The van der Waals surface area contributed by atoms with Crippen LogP contribution < -0.4 is 10.6 Å². The molecule has 0 spiro atoms. The van der Waals surface area contributed by atoms with E-state index in [2.05, 4.69) is 0 Å². The fourth-order valence-electron chi connectivity index (χ4n) is 2.69. The molecule has 0 aromatic heterocycles. The molecule has 2 atom stereocenters. The lowest BCUT2D eigenvalue weighted by molar-refractivity contribution is 0.594. The Morgan fingerprint density at radius 1 is 1.48 bits per heavy atom. The highest BCUT2D eigenvalue weighted by Crippen LogP contribution is 2.26. The molecule has 0 aliphatic carbocycles. The molecule has 4 nitrogen and oxygen atoms in total. The van der Waals surface area contributed by atoms with Crippen LogP contribution in [0.25, 0.3) is 0 Å². The lowest BCUT2D eigenvalue weighted by atomic mass is 10.0. The summed E-state index contributed by atoms with van der Waals surface area (Å²) >= 11 is 0. The van der Waals surface area contributed by atoms with Crippen LogP contribution in [0.5, 0.6) is 0 Å². The summed E-state index contributed by atoms with van der Waals surface area (Å²) in [5.74, 6) is -0.0269. The molecule has 0 saturated carbocycles. The SMILES string of the molecule is CCC(N)Cc1ccc(N(C)C2CCS(=O)(=O)C2)c(F)c1. The van der Waals surface area contributed by atoms with Crippen molar-refractivity contribution in [2.45, 2.75) is 38.3 Å². The molecule has 0 amide bonds. The smallest absolute Gasteiger partial charge is 0.152 e. The first-order chi connectivity index (χ1) is 9.82. The number of nitrogens with two attached hydrogens (primary N) is 1. The van der Waals surface area contributed by atoms with Gasteiger partial charge < -0.3 is 10.6 Å². The third-order valence-corrected chi connectivity index (χ3v) is 5.92. The number of rotatable bonds is 5. The minimum Gasteiger partial charge on any atom is -0.368 e. The third-order valence-electron chi connectivity index (χ3n) is 4.17. The van der Waals surface area contributed by atoms with Gasteiger partial charge in [-0.15, -0.1) is 0 Å². The average Bonchev–Trinajstić information content (AvgIpc) is 2.78. The van der Waals surface area contributed by atoms with E-state index in [0.29, 0.717) is 18.5 Å². The van der Waals surface area contributed by atoms with E-state index in [1.165, 1.54) is 6.07 Å². The summed E-state index contributed by atoms with van der Waals surface area (Å²) in [6.45, 7) is 2.00. The number of hydrogen-bond acceptors (Lipinski definition) is 4. The summed E-state index contributed by atoms with van der Waals surface area (Å²) < 4.78 is 37.3. The highest BCUT2D eigenvalue weighted by molar-refractivity contribution is 7.91. The Morgan fingerprint density at radius 2 is 2.19 bits per heavy atom. The normalized spacial score (nSPS) is 22.2. The van der Waals surface area contributed by atoms with Crippen molar-refractivity contribution in [3.8, 4) is 0 Å². The van der Waals surface area contributed by atoms with Crippen LogP contribution in [0.3, 0.4) is 0 Å². The van der Waals surface area contributed by atoms with Crippen LogP contribution in [-0.2, 0) is 16.3 Å². The van der Waals surface area contributed by atoms with Gasteiger partial charge in [0.2, 0.25) is 0 Å². The Bertz CT molecular complexity index is 604. The van der Waals surface area contributed by atoms with Gasteiger partial charge in [0.1, 0.15) is 5.82 Å². The summed E-state index contributed by atoms with van der Waals surface area (Å²) in [6, 6.07) is 4.98. The molecule has 1 aromatic rings. The minimum absolute atomic E-state index is 0.0351. The summed E-state index contributed by atoms with van der Waals surface area (Å²) in [4.78, 5) is 1.74. The molecule has 1 heterocycles. The van der Waals surface area contributed by atoms with Crippen molar-refractivity contribution in [1.82, 2.24) is 0 Å². The van der Waals surface area contributed by atoms with Crippen LogP contribution in [-0.4, -0.2) is 39.1 Å². The maximum Gasteiger partial charge on any atom is 0.152 e. The molecule has 1 aromatic carbocycles. The highest BCUT2D eigenvalue weighted by Gasteiger charge is 2.31. The standard InChI is InChI=1S/C15H23FN2O2S/c1-3-12(17)8-11-4-5-15(14(16)9-11)18(2)13-6-7-21(19,20)10-13/h4-5,9,12-13H,3,6-8,10,17H2,1-2H3. The lowest BCUT2D eigenvalue weighted by Gasteiger charge is -2.26. The van der Waals surface area contributed by atoms with Crippen molar-refractivity contribution in [3.63, 3.8) is 0 Å². The summed E-state index contributed by atoms with van der Waals surface area (Å²) in [7, 11) is -1.22. The second kappa shape index (κ2) is 6.32. The summed E-state index contributed by atoms with van der Waals surface area (Å²) in [5.41, 5.74) is 7.21. The van der Waals surface area contributed by atoms with Gasteiger partial charge in [-0.3, -0.25) is 0 Å². The Hall–Kier alpha value is -1.14. The highest BCUT2D eigenvalue weighted by atomic mass is 32.2. The zero-order valence-corrected chi connectivity index (χ0v) is 13.4. The van der Waals surface area contributed by atoms with Crippen molar-refractivity contribution in [2.24, 2.45) is 5.73 Å². The number of benzene rings is 1. The van der Waals surface area contributed by atoms with Gasteiger partial charge in [-0.05, 0) is 37.0 Å². The molecule has 1 saturated heterocycles. The Labute approximate surface area is 126 Å². The van der Waals surface area contributed by atoms with Crippen molar-refractivity contribution in [1.29, 1.82) is 0 Å². The van der Waals surface area contributed by atoms with Gasteiger partial charge in [-0.25, -0.2) is 12.8 Å². The van der Waals surface area contributed by atoms with Gasteiger partial charge in [-0.1, -0.05) is 13.0 Å². The number of hydrogen-bond donors (Lipinski definition) is 1. The van der Waals surface area contributed by atoms with E-state index in [4.69, 9.17) is 5.73 Å². The van der Waals surface area contributed by atoms with E-state index in [1.807, 2.05) is 13.0 Å². The van der Waals surface area contributed by atoms with E-state index in [9.17, 15) is 12.8 Å². The van der Waals surface area contributed by atoms with Crippen LogP contribution in [0.15, 0.2) is 18.2 Å². The van der Waals surface area contributed by atoms with Gasteiger partial charge in [0.05, 0.1) is 17.2 Å². The molecule has 2 rings (SSSR count). The molecule has 1 aliphatic rings. The number of halogens is 1. The van der Waals surface area contributed by atoms with E-state index < -0.39 is 9.84 Å². The second-order valence-corrected chi connectivity index (χ2v) is 8.05. The second-order valence-electron chi connectivity index (χ2n) is 5.83. The average molecular weight is 314 g/mol. The first kappa shape index (κ1) is 16.2. The van der Waals surface area contributed by atoms with Gasteiger partial charge in [0, 0.05) is 19.1 Å². The van der Waals surface area contributed by atoms with Crippen molar-refractivity contribution >= 4 is 15.5 Å². The van der Waals surface area contributed by atoms with Gasteiger partial charge in [0.15, 0.2) is 9.84 Å². The molecule has 0 bridgehead atoms. The van der Waals surface area contributed by atoms with Crippen LogP contribution in [0, 0.1) is 5.82 Å². The van der Waals surface area contributed by atoms with Crippen LogP contribution in [0.4, 0.5) is 10.1 Å². The molecule has 1 aliphatic heterocycles. The zero-order chi connectivity index (χ0) is 15.6. The molecule has 21 heavy (non-hydrogen) atoms. The molecule has 0 radical (unpaired) electrons. The Morgan fingerprint density at radius 3 is 2.71 bits per heavy atom. The summed E-state index contributed by atoms with van der Waals surface area (Å²) in [5, 5.41) is 0. The van der Waals surface area contributed by atoms with Gasteiger partial charge in [0.25, 0.3) is 0 Å². The largest absolute Gasteiger partial charge is 0.368 e. The van der Waals surface area contributed by atoms with Crippen LogP contribution >= 0.6 is 0 Å². The maximum absolute atomic E-state index is 14.3. The topological polar surface area (TPSA) is 63.4 Å². The monoisotopic (exact) mass is 314 g/mol. The fourth-order valence-corrected chi connectivity index (χ4v) is 4.46. The Balaban J connectivity index is 2.13. The summed E-state index contributed by atoms with van der Waals surface area (Å²) in [6.07, 6.45) is 2.05. The lowest BCUT2D eigenvalue weighted by Crippen LogP contribution is -2.33. The minimum atomic E-state index is -2.97. The van der Waals surface area contributed by atoms with E-state index in [1.54, 1.807) is 18.0 Å². The Kier molecular flexibility index (Phi) is 4.88. The molecule has 2 unspecified atom stereocenters. The molecule has 1 fully saturated rings. The number of anilines is 1. The predicted octanol–water partition coefficient (Wildman–Crippen LogP) is 1.73. The molecular formula is C15H23FN2O2S. The first-order valence-corrected chi connectivity index (χ1v) is 9.12. The maximum atomic E-state index is 14.3. The third kappa shape index (κ3) is 3.95. The van der Waals surface area contributed by atoms with E-state index in [0.717, 1.165) is 12.0 Å². The van der Waals surface area contributed by atoms with Crippen LogP contribution in [0.2, 0.25) is 0 Å². The van der Waals surface area contributed by atoms with Gasteiger partial charge in [-0.2, -0.15) is 0 Å². The quantitative estimate of drug-likeness (QED) is 0.899. The zero-order valence-electron chi connectivity index (χ0n) is 12.5. The molecule has 118 valence electrons. The number of sulfone groups is 1. The number of nitrogens with zero attached hydrogens (tertiary/aromatic N) is 1. The predicted molar refractivity (Wildman–Crippen MR) is 83.8 cm³/mol. The molecule has 6 heteroatoms. The first-order valence-electron chi connectivity index (χ1n) is 7.29. The van der Waals surface area contributed by atoms with Crippen molar-refractivity contribution in [3.05, 3.63) is 29.6 Å². The molecular weight excluding hydrogens is 291 g/mol. The van der Waals surface area contributed by atoms with E-state index in [-0.39, 0.29) is 29.4 Å². The van der Waals surface area contributed by atoms with Crippen molar-refractivity contribution in [2.75, 3.05) is 23.5 Å². The molecule has 2 N–H and O–H groups in total. The van der Waals surface area contributed by atoms with Crippen LogP contribution in [0.1, 0.15) is 25.3 Å². The van der Waals surface area contributed by atoms with E-state index >= 15 is 0 Å². The fraction of sp³-hybridized carbons (Fsp3) is 0.600.